The lowest BCUT2D eigenvalue weighted by atomic mass is 9.62. The summed E-state index contributed by atoms with van der Waals surface area (Å²) in [6.07, 6.45) is 9.04. The molecule has 3 aliphatic rings. The Labute approximate surface area is 165 Å². The number of rotatable bonds is 7. The van der Waals surface area contributed by atoms with Gasteiger partial charge in [0, 0.05) is 6.08 Å². The Kier molecular flexibility index (Phi) is 5.23. The summed E-state index contributed by atoms with van der Waals surface area (Å²) < 4.78 is 12.4. The van der Waals surface area contributed by atoms with Crippen molar-refractivity contribution >= 4 is 5.97 Å². The van der Waals surface area contributed by atoms with Crippen molar-refractivity contribution in [1.82, 2.24) is 0 Å². The predicted octanol–water partition coefficient (Wildman–Crippen LogP) is 5.69. The molecule has 28 heavy (non-hydrogen) atoms. The first-order valence-corrected chi connectivity index (χ1v) is 9.96. The van der Waals surface area contributed by atoms with Crippen molar-refractivity contribution < 1.29 is 19.4 Å². The van der Waals surface area contributed by atoms with E-state index in [2.05, 4.69) is 12.1 Å². The van der Waals surface area contributed by atoms with Crippen LogP contribution in [-0.2, 0) is 15.1 Å². The van der Waals surface area contributed by atoms with Gasteiger partial charge in [-0.05, 0) is 73.8 Å². The van der Waals surface area contributed by atoms with E-state index in [4.69, 9.17) is 14.6 Å². The number of ether oxygens (including phenoxy) is 2. The zero-order chi connectivity index (χ0) is 19.5. The molecule has 2 heterocycles. The highest BCUT2D eigenvalue weighted by molar-refractivity contribution is 5.79. The fraction of sp³-hybridized carbons (Fsp3) is 0.375. The van der Waals surface area contributed by atoms with E-state index in [0.717, 1.165) is 56.6 Å². The van der Waals surface area contributed by atoms with Gasteiger partial charge in [0.05, 0.1) is 12.2 Å². The van der Waals surface area contributed by atoms with Gasteiger partial charge in [-0.15, -0.1) is 0 Å². The van der Waals surface area contributed by atoms with Crippen LogP contribution in [0.5, 0.6) is 11.5 Å². The first-order chi connectivity index (χ1) is 13.6. The van der Waals surface area contributed by atoms with Crippen LogP contribution in [0.15, 0.2) is 66.7 Å². The summed E-state index contributed by atoms with van der Waals surface area (Å²) in [6.45, 7) is 0.748. The number of carbonyl (C=O) groups is 1. The largest absolute Gasteiger partial charge is 0.478 e. The molecule has 146 valence electrons. The summed E-state index contributed by atoms with van der Waals surface area (Å²) >= 11 is 0. The van der Waals surface area contributed by atoms with Crippen LogP contribution in [0.4, 0.5) is 0 Å². The average molecular weight is 378 g/mol. The third-order valence-corrected chi connectivity index (χ3v) is 6.21. The van der Waals surface area contributed by atoms with Crippen molar-refractivity contribution in [1.29, 1.82) is 0 Å². The van der Waals surface area contributed by atoms with E-state index in [1.54, 1.807) is 6.08 Å². The molecule has 4 heteroatoms. The number of hydrogen-bond acceptors (Lipinski definition) is 3. The maximum absolute atomic E-state index is 10.6. The summed E-state index contributed by atoms with van der Waals surface area (Å²) in [5.41, 5.74) is 1.18. The van der Waals surface area contributed by atoms with Crippen LogP contribution in [0.1, 0.15) is 44.1 Å². The molecule has 5 rings (SSSR count). The highest BCUT2D eigenvalue weighted by Crippen LogP contribution is 2.55. The van der Waals surface area contributed by atoms with Crippen LogP contribution >= 0.6 is 0 Å². The van der Waals surface area contributed by atoms with Gasteiger partial charge in [0.25, 0.3) is 0 Å². The van der Waals surface area contributed by atoms with Gasteiger partial charge in [-0.1, -0.05) is 36.4 Å². The second kappa shape index (κ2) is 7.80. The van der Waals surface area contributed by atoms with Crippen molar-refractivity contribution in [3.63, 3.8) is 0 Å². The molecule has 2 aromatic rings. The molecule has 2 aromatic carbocycles. The molecule has 0 radical (unpaired) electrons. The number of benzene rings is 2. The van der Waals surface area contributed by atoms with Gasteiger partial charge in [0.15, 0.2) is 0 Å². The molecule has 2 saturated heterocycles. The summed E-state index contributed by atoms with van der Waals surface area (Å²) in [5.74, 6) is 0.791. The molecule has 3 fully saturated rings. The lowest BCUT2D eigenvalue weighted by molar-refractivity contribution is -0.191. The quantitative estimate of drug-likeness (QED) is 0.629. The van der Waals surface area contributed by atoms with E-state index in [0.29, 0.717) is 0 Å². The van der Waals surface area contributed by atoms with E-state index >= 15 is 0 Å². The van der Waals surface area contributed by atoms with Crippen LogP contribution in [0.2, 0.25) is 0 Å². The molecule has 0 spiro atoms. The molecular weight excluding hydrogens is 352 g/mol. The second-order valence-electron chi connectivity index (χ2n) is 8.01. The lowest BCUT2D eigenvalue weighted by Crippen LogP contribution is -2.49. The molecule has 2 bridgehead atoms. The van der Waals surface area contributed by atoms with Gasteiger partial charge >= 0.3 is 5.97 Å². The first kappa shape index (κ1) is 18.8. The fourth-order valence-corrected chi connectivity index (χ4v) is 4.50. The molecular formula is C24H26O4. The Hall–Kier alpha value is -2.59. The third-order valence-electron chi connectivity index (χ3n) is 6.21. The van der Waals surface area contributed by atoms with Crippen LogP contribution in [0.25, 0.3) is 0 Å². The topological polar surface area (TPSA) is 55.8 Å². The Morgan fingerprint density at radius 2 is 1.79 bits per heavy atom. The number of allylic oxidation sites excluding steroid dienone is 1. The van der Waals surface area contributed by atoms with Crippen LogP contribution in [0.3, 0.4) is 0 Å². The maximum Gasteiger partial charge on any atom is 0.327 e. The van der Waals surface area contributed by atoms with Gasteiger partial charge in [0.1, 0.15) is 11.5 Å². The third kappa shape index (κ3) is 3.97. The number of carboxylic acid groups (broad SMARTS) is 1. The minimum absolute atomic E-state index is 0.197. The molecule has 1 N–H and O–H groups in total. The van der Waals surface area contributed by atoms with Gasteiger partial charge in [0.2, 0.25) is 0 Å². The van der Waals surface area contributed by atoms with E-state index in [9.17, 15) is 4.79 Å². The normalized spacial score (nSPS) is 26.4. The Balaban J connectivity index is 1.43. The number of fused-ring (bicyclic) bond motifs is 3. The van der Waals surface area contributed by atoms with Crippen LogP contribution < -0.4 is 4.74 Å². The smallest absolute Gasteiger partial charge is 0.327 e. The summed E-state index contributed by atoms with van der Waals surface area (Å²) in [4.78, 5) is 10.6. The molecule has 0 unspecified atom stereocenters. The van der Waals surface area contributed by atoms with Gasteiger partial charge < -0.3 is 14.6 Å². The number of hydrogen-bond donors (Lipinski definition) is 1. The first-order valence-electron chi connectivity index (χ1n) is 9.96. The highest BCUT2D eigenvalue weighted by atomic mass is 16.5. The zero-order valence-corrected chi connectivity index (χ0v) is 16.0. The zero-order valence-electron chi connectivity index (χ0n) is 16.0. The van der Waals surface area contributed by atoms with Crippen molar-refractivity contribution in [3.05, 3.63) is 72.3 Å². The second-order valence-corrected chi connectivity index (χ2v) is 8.01. The van der Waals surface area contributed by atoms with Gasteiger partial charge in [-0.25, -0.2) is 4.79 Å². The molecule has 1 saturated carbocycles. The summed E-state index contributed by atoms with van der Waals surface area (Å²) in [6, 6.07) is 18.1. The van der Waals surface area contributed by atoms with E-state index in [1.807, 2.05) is 42.5 Å². The summed E-state index contributed by atoms with van der Waals surface area (Å²) in [5, 5.41) is 8.73. The van der Waals surface area contributed by atoms with E-state index in [-0.39, 0.29) is 11.0 Å². The van der Waals surface area contributed by atoms with Gasteiger partial charge in [-0.3, -0.25) is 0 Å². The summed E-state index contributed by atoms with van der Waals surface area (Å²) in [7, 11) is 0. The fourth-order valence-electron chi connectivity index (χ4n) is 4.50. The Morgan fingerprint density at radius 1 is 1.04 bits per heavy atom. The minimum Gasteiger partial charge on any atom is -0.478 e. The lowest BCUT2D eigenvalue weighted by Gasteiger charge is -2.53. The van der Waals surface area contributed by atoms with Gasteiger partial charge in [-0.2, -0.15) is 0 Å². The molecule has 0 atom stereocenters. The van der Waals surface area contributed by atoms with Crippen LogP contribution in [0, 0.1) is 5.41 Å². The monoisotopic (exact) mass is 378 g/mol. The molecule has 1 aliphatic carbocycles. The van der Waals surface area contributed by atoms with Crippen molar-refractivity contribution in [3.8, 4) is 11.5 Å². The number of para-hydroxylation sites is 1. The Bertz CT molecular complexity index is 831. The SMILES string of the molecule is O=C(O)/C=C/CCC12CCC(c3cccc(Oc4ccccc4)c3)(CC1)OC2. The van der Waals surface area contributed by atoms with Crippen molar-refractivity contribution in [2.45, 2.75) is 44.1 Å². The predicted molar refractivity (Wildman–Crippen MR) is 107 cm³/mol. The Morgan fingerprint density at radius 3 is 2.46 bits per heavy atom. The van der Waals surface area contributed by atoms with E-state index in [1.165, 1.54) is 11.6 Å². The molecule has 0 aromatic heterocycles. The molecule has 0 amide bonds. The van der Waals surface area contributed by atoms with E-state index < -0.39 is 5.97 Å². The average Bonchev–Trinajstić information content (AvgIpc) is 2.74. The highest BCUT2D eigenvalue weighted by Gasteiger charge is 2.50. The minimum atomic E-state index is -0.877. The molecule has 2 aliphatic heterocycles. The number of carboxylic acids is 1. The van der Waals surface area contributed by atoms with Crippen LogP contribution in [-0.4, -0.2) is 17.7 Å². The van der Waals surface area contributed by atoms with Crippen molar-refractivity contribution in [2.24, 2.45) is 5.41 Å². The maximum atomic E-state index is 10.6. The van der Waals surface area contributed by atoms with Crippen molar-refractivity contribution in [2.75, 3.05) is 6.61 Å². The standard InChI is InChI=1S/C24H26O4/c25-22(26)11-4-5-12-23-13-15-24(16-14-23,27-18-23)19-7-6-10-21(17-19)28-20-8-2-1-3-9-20/h1-4,6-11,17H,5,12-16,18H2,(H,25,26)/b11-4+. The molecule has 4 nitrogen and oxygen atoms in total. The number of aliphatic carboxylic acids is 1.